The van der Waals surface area contributed by atoms with Crippen molar-refractivity contribution < 1.29 is 23.6 Å². The van der Waals surface area contributed by atoms with Crippen LogP contribution in [0.5, 0.6) is 0 Å². The van der Waals surface area contributed by atoms with Crippen molar-refractivity contribution in [3.63, 3.8) is 0 Å². The molecular weight excluding hydrogens is 379 g/mol. The molecule has 2 aromatic rings. The number of aromatic nitrogens is 1. The van der Waals surface area contributed by atoms with Gasteiger partial charge < -0.3 is 20.7 Å². The van der Waals surface area contributed by atoms with Crippen LogP contribution in [0.3, 0.4) is 0 Å². The lowest BCUT2D eigenvalue weighted by molar-refractivity contribution is -0.123. The molecule has 29 heavy (non-hydrogen) atoms. The van der Waals surface area contributed by atoms with Crippen LogP contribution < -0.4 is 11.1 Å². The molecule has 0 bridgehead atoms. The molecule has 0 unspecified atom stereocenters. The van der Waals surface area contributed by atoms with Gasteiger partial charge in [0.05, 0.1) is 12.0 Å². The number of nitrogens with zero attached hydrogens (tertiary/aromatic N) is 2. The zero-order valence-corrected chi connectivity index (χ0v) is 16.0. The molecule has 0 saturated carbocycles. The summed E-state index contributed by atoms with van der Waals surface area (Å²) in [6.45, 7) is 2.24. The number of unbranched alkanes of at least 4 members (excludes halogenated alkanes) is 2. The van der Waals surface area contributed by atoms with E-state index in [-0.39, 0.29) is 17.4 Å². The molecule has 2 amide bonds. The van der Waals surface area contributed by atoms with Crippen LogP contribution in [-0.4, -0.2) is 59.3 Å². The Kier molecular flexibility index (Phi) is 6.95. The SMILES string of the molecule is NC(=O)[C@@H]1CN(CCCCCNC(=O)c2cc(-c3ccc(F)cc3)on2)C[C@H]1O. The Hall–Kier alpha value is -2.78. The molecule has 0 aliphatic carbocycles. The van der Waals surface area contributed by atoms with Gasteiger partial charge in [-0.15, -0.1) is 0 Å². The summed E-state index contributed by atoms with van der Waals surface area (Å²) in [6.07, 6.45) is 1.90. The number of likely N-dealkylation sites (tertiary alicyclic amines) is 1. The van der Waals surface area contributed by atoms with E-state index in [4.69, 9.17) is 10.3 Å². The van der Waals surface area contributed by atoms with Gasteiger partial charge in [-0.3, -0.25) is 14.5 Å². The van der Waals surface area contributed by atoms with E-state index in [1.165, 1.54) is 18.2 Å². The van der Waals surface area contributed by atoms with Crippen LogP contribution in [0, 0.1) is 11.7 Å². The van der Waals surface area contributed by atoms with Crippen molar-refractivity contribution in [1.29, 1.82) is 0 Å². The number of carbonyl (C=O) groups is 2. The van der Waals surface area contributed by atoms with Gasteiger partial charge in [-0.2, -0.15) is 0 Å². The predicted molar refractivity (Wildman–Crippen MR) is 103 cm³/mol. The summed E-state index contributed by atoms with van der Waals surface area (Å²) in [7, 11) is 0. The summed E-state index contributed by atoms with van der Waals surface area (Å²) >= 11 is 0. The summed E-state index contributed by atoms with van der Waals surface area (Å²) in [6, 6.07) is 7.27. The Bertz CT molecular complexity index is 839. The van der Waals surface area contributed by atoms with E-state index < -0.39 is 17.9 Å². The lowest BCUT2D eigenvalue weighted by Gasteiger charge is -2.14. The average molecular weight is 404 g/mol. The highest BCUT2D eigenvalue weighted by atomic mass is 19.1. The molecule has 1 fully saturated rings. The van der Waals surface area contributed by atoms with Gasteiger partial charge >= 0.3 is 0 Å². The van der Waals surface area contributed by atoms with E-state index in [9.17, 15) is 19.1 Å². The highest BCUT2D eigenvalue weighted by molar-refractivity contribution is 5.93. The number of β-amino-alcohol motifs (C(OH)–C–C–N with tert-alkyl or cyclic N) is 1. The molecule has 1 aromatic carbocycles. The van der Waals surface area contributed by atoms with E-state index in [0.717, 1.165) is 25.8 Å². The van der Waals surface area contributed by atoms with Crippen LogP contribution >= 0.6 is 0 Å². The Balaban J connectivity index is 1.33. The van der Waals surface area contributed by atoms with Crippen molar-refractivity contribution >= 4 is 11.8 Å². The number of amides is 2. The van der Waals surface area contributed by atoms with E-state index in [0.29, 0.717) is 31.0 Å². The lowest BCUT2D eigenvalue weighted by Crippen LogP contribution is -2.32. The summed E-state index contributed by atoms with van der Waals surface area (Å²) in [5, 5.41) is 16.4. The quantitative estimate of drug-likeness (QED) is 0.539. The zero-order valence-electron chi connectivity index (χ0n) is 16.0. The molecule has 8 nitrogen and oxygen atoms in total. The van der Waals surface area contributed by atoms with Crippen molar-refractivity contribution in [1.82, 2.24) is 15.4 Å². The van der Waals surface area contributed by atoms with Crippen molar-refractivity contribution in [3.8, 4) is 11.3 Å². The van der Waals surface area contributed by atoms with E-state index in [1.807, 2.05) is 4.90 Å². The number of hydrogen-bond donors (Lipinski definition) is 3. The first-order valence-corrected chi connectivity index (χ1v) is 9.64. The maximum absolute atomic E-state index is 13.0. The van der Waals surface area contributed by atoms with Crippen LogP contribution in [0.15, 0.2) is 34.9 Å². The number of hydrogen-bond acceptors (Lipinski definition) is 6. The molecule has 1 aliphatic heterocycles. The standard InChI is InChI=1S/C20H25FN4O4/c21-14-6-4-13(5-7-14)18-10-16(24-29-18)20(28)23-8-2-1-3-9-25-11-15(19(22)27)17(26)12-25/h4-7,10,15,17,26H,1-3,8-9,11-12H2,(H2,22,27)(H,23,28)/t15-,17-/m1/s1. The van der Waals surface area contributed by atoms with E-state index in [2.05, 4.69) is 10.5 Å². The number of halogens is 1. The minimum Gasteiger partial charge on any atom is -0.391 e. The van der Waals surface area contributed by atoms with Crippen LogP contribution in [0.4, 0.5) is 4.39 Å². The molecular formula is C20H25FN4O4. The van der Waals surface area contributed by atoms with E-state index >= 15 is 0 Å². The zero-order chi connectivity index (χ0) is 20.8. The fraction of sp³-hybridized carbons (Fsp3) is 0.450. The summed E-state index contributed by atoms with van der Waals surface area (Å²) in [4.78, 5) is 25.4. The summed E-state index contributed by atoms with van der Waals surface area (Å²) < 4.78 is 18.1. The van der Waals surface area contributed by atoms with Crippen molar-refractivity contribution in [2.24, 2.45) is 11.7 Å². The van der Waals surface area contributed by atoms with Crippen LogP contribution in [0.1, 0.15) is 29.8 Å². The summed E-state index contributed by atoms with van der Waals surface area (Å²) in [5.41, 5.74) is 6.09. The van der Waals surface area contributed by atoms with Gasteiger partial charge in [0.2, 0.25) is 5.91 Å². The van der Waals surface area contributed by atoms with Crippen molar-refractivity contribution in [2.75, 3.05) is 26.2 Å². The molecule has 2 heterocycles. The number of primary amides is 1. The average Bonchev–Trinajstić information content (AvgIpc) is 3.32. The van der Waals surface area contributed by atoms with Gasteiger partial charge in [-0.25, -0.2) is 4.39 Å². The summed E-state index contributed by atoms with van der Waals surface area (Å²) in [5.74, 6) is -1.22. The number of rotatable bonds is 9. The molecule has 1 aliphatic rings. The molecule has 0 spiro atoms. The van der Waals surface area contributed by atoms with Crippen LogP contribution in [0.2, 0.25) is 0 Å². The van der Waals surface area contributed by atoms with Gasteiger partial charge in [-0.1, -0.05) is 11.6 Å². The maximum atomic E-state index is 13.0. The first-order chi connectivity index (χ1) is 13.9. The largest absolute Gasteiger partial charge is 0.391 e. The lowest BCUT2D eigenvalue weighted by atomic mass is 10.1. The number of aliphatic hydroxyl groups is 1. The van der Waals surface area contributed by atoms with Gasteiger partial charge in [-0.05, 0) is 43.7 Å². The van der Waals surface area contributed by atoms with E-state index in [1.54, 1.807) is 12.1 Å². The monoisotopic (exact) mass is 404 g/mol. The molecule has 1 aromatic heterocycles. The minimum atomic E-state index is -0.686. The smallest absolute Gasteiger partial charge is 0.273 e. The Labute approximate surface area is 167 Å². The van der Waals surface area contributed by atoms with Gasteiger partial charge in [0.1, 0.15) is 5.82 Å². The Morgan fingerprint density at radius 1 is 1.24 bits per heavy atom. The fourth-order valence-electron chi connectivity index (χ4n) is 3.39. The molecule has 1 saturated heterocycles. The molecule has 156 valence electrons. The second kappa shape index (κ2) is 9.62. The highest BCUT2D eigenvalue weighted by Crippen LogP contribution is 2.20. The van der Waals surface area contributed by atoms with Gasteiger partial charge in [0, 0.05) is 31.3 Å². The molecule has 0 radical (unpaired) electrons. The van der Waals surface area contributed by atoms with Crippen molar-refractivity contribution in [3.05, 3.63) is 41.8 Å². The maximum Gasteiger partial charge on any atom is 0.273 e. The molecule has 2 atom stereocenters. The van der Waals surface area contributed by atoms with Crippen LogP contribution in [-0.2, 0) is 4.79 Å². The Morgan fingerprint density at radius 3 is 2.69 bits per heavy atom. The molecule has 9 heteroatoms. The predicted octanol–water partition coefficient (Wildman–Crippen LogP) is 1.16. The third-order valence-corrected chi connectivity index (χ3v) is 5.04. The third-order valence-electron chi connectivity index (χ3n) is 5.04. The molecule has 4 N–H and O–H groups in total. The Morgan fingerprint density at radius 2 is 2.00 bits per heavy atom. The number of nitrogens with one attached hydrogen (secondary N) is 1. The fourth-order valence-corrected chi connectivity index (χ4v) is 3.39. The number of aliphatic hydroxyl groups excluding tert-OH is 1. The van der Waals surface area contributed by atoms with Crippen molar-refractivity contribution in [2.45, 2.75) is 25.4 Å². The number of carbonyl (C=O) groups excluding carboxylic acids is 2. The highest BCUT2D eigenvalue weighted by Gasteiger charge is 2.34. The number of nitrogens with two attached hydrogens (primary N) is 1. The normalized spacial score (nSPS) is 19.4. The topological polar surface area (TPSA) is 122 Å². The third kappa shape index (κ3) is 5.61. The number of benzene rings is 1. The van der Waals surface area contributed by atoms with Crippen LogP contribution in [0.25, 0.3) is 11.3 Å². The van der Waals surface area contributed by atoms with Gasteiger partial charge in [0.25, 0.3) is 5.91 Å². The minimum absolute atomic E-state index is 0.174. The first kappa shape index (κ1) is 20.9. The first-order valence-electron chi connectivity index (χ1n) is 9.64. The second-order valence-electron chi connectivity index (χ2n) is 7.24. The second-order valence-corrected chi connectivity index (χ2v) is 7.24. The molecule has 3 rings (SSSR count). The van der Waals surface area contributed by atoms with Gasteiger partial charge in [0.15, 0.2) is 11.5 Å².